The molecular weight excluding hydrogens is 333 g/mol. The quantitative estimate of drug-likeness (QED) is 0.868. The van der Waals surface area contributed by atoms with Crippen LogP contribution in [0.2, 0.25) is 0 Å². The summed E-state index contributed by atoms with van der Waals surface area (Å²) in [5, 5.41) is 12.2. The highest BCUT2D eigenvalue weighted by Crippen LogP contribution is 2.44. The van der Waals surface area contributed by atoms with E-state index in [2.05, 4.69) is 5.16 Å². The molecular formula is C13H12FNO7S. The van der Waals surface area contributed by atoms with E-state index in [0.29, 0.717) is 0 Å². The molecule has 0 spiro atoms. The lowest BCUT2D eigenvalue weighted by molar-refractivity contribution is 0.0686. The van der Waals surface area contributed by atoms with E-state index in [4.69, 9.17) is 19.1 Å². The van der Waals surface area contributed by atoms with Crippen molar-refractivity contribution in [3.8, 4) is 22.8 Å². The topological polar surface area (TPSA) is 116 Å². The fraction of sp³-hybridized carbons (Fsp3) is 0.231. The number of aromatic nitrogens is 1. The molecule has 1 heterocycles. The van der Waals surface area contributed by atoms with Gasteiger partial charge in [-0.05, 0) is 6.07 Å². The van der Waals surface area contributed by atoms with E-state index in [9.17, 15) is 17.6 Å². The van der Waals surface area contributed by atoms with Crippen molar-refractivity contribution < 1.29 is 36.7 Å². The average Bonchev–Trinajstić information content (AvgIpc) is 2.94. The van der Waals surface area contributed by atoms with Gasteiger partial charge in [0.25, 0.3) is 0 Å². The third-order valence-electron chi connectivity index (χ3n) is 2.92. The van der Waals surface area contributed by atoms with Gasteiger partial charge in [0.2, 0.25) is 0 Å². The summed E-state index contributed by atoms with van der Waals surface area (Å²) in [5.41, 5.74) is -0.428. The molecule has 2 rings (SSSR count). The number of carboxylic acids is 1. The highest BCUT2D eigenvalue weighted by Gasteiger charge is 2.29. The number of methoxy groups -OCH3 is 2. The van der Waals surface area contributed by atoms with Crippen LogP contribution in [0.4, 0.5) is 4.39 Å². The second-order valence-electron chi connectivity index (χ2n) is 4.46. The Bertz CT molecular complexity index is 873. The summed E-state index contributed by atoms with van der Waals surface area (Å²) < 4.78 is 52.7. The molecule has 10 heteroatoms. The molecule has 0 bridgehead atoms. The molecule has 0 fully saturated rings. The first-order valence-corrected chi connectivity index (χ1v) is 7.94. The Hall–Kier alpha value is -2.62. The van der Waals surface area contributed by atoms with E-state index in [1.807, 2.05) is 0 Å². The van der Waals surface area contributed by atoms with Crippen LogP contribution < -0.4 is 9.47 Å². The zero-order chi connectivity index (χ0) is 17.4. The lowest BCUT2D eigenvalue weighted by Crippen LogP contribution is -2.06. The van der Waals surface area contributed by atoms with Crippen LogP contribution in [-0.2, 0) is 9.84 Å². The predicted octanol–water partition coefficient (Wildman–Crippen LogP) is 1.60. The van der Waals surface area contributed by atoms with Crippen LogP contribution in [-0.4, -0.2) is 45.1 Å². The van der Waals surface area contributed by atoms with Crippen LogP contribution in [0.5, 0.6) is 11.5 Å². The van der Waals surface area contributed by atoms with Gasteiger partial charge in [0.1, 0.15) is 10.7 Å². The van der Waals surface area contributed by atoms with Crippen LogP contribution in [0.3, 0.4) is 0 Å². The molecule has 0 aliphatic rings. The van der Waals surface area contributed by atoms with Gasteiger partial charge in [-0.25, -0.2) is 17.6 Å². The molecule has 1 aromatic heterocycles. The molecule has 0 aliphatic heterocycles. The van der Waals surface area contributed by atoms with Crippen molar-refractivity contribution in [1.29, 1.82) is 0 Å². The monoisotopic (exact) mass is 345 g/mol. The smallest absolute Gasteiger partial charge is 0.358 e. The number of halogens is 1. The summed E-state index contributed by atoms with van der Waals surface area (Å²) in [6, 6.07) is 1.91. The molecule has 2 aromatic rings. The van der Waals surface area contributed by atoms with Crippen LogP contribution >= 0.6 is 0 Å². The van der Waals surface area contributed by atoms with Gasteiger partial charge in [-0.1, -0.05) is 5.16 Å². The number of benzene rings is 1. The van der Waals surface area contributed by atoms with Crippen molar-refractivity contribution in [3.63, 3.8) is 0 Å². The Morgan fingerprint density at radius 1 is 1.26 bits per heavy atom. The summed E-state index contributed by atoms with van der Waals surface area (Å²) in [6.45, 7) is 0. The van der Waals surface area contributed by atoms with Gasteiger partial charge in [0.15, 0.2) is 32.8 Å². The van der Waals surface area contributed by atoms with E-state index in [-0.39, 0.29) is 22.8 Å². The molecule has 0 saturated heterocycles. The Labute approximate surface area is 130 Å². The molecule has 124 valence electrons. The molecule has 0 saturated carbocycles. The summed E-state index contributed by atoms with van der Waals surface area (Å²) in [6.07, 6.45) is 0.823. The minimum Gasteiger partial charge on any atom is -0.492 e. The van der Waals surface area contributed by atoms with Gasteiger partial charge in [-0.15, -0.1) is 0 Å². The number of nitrogens with zero attached hydrogens (tertiary/aromatic N) is 1. The fourth-order valence-corrected chi connectivity index (χ4v) is 2.94. The lowest BCUT2D eigenvalue weighted by Gasteiger charge is -2.15. The molecule has 0 amide bonds. The van der Waals surface area contributed by atoms with Crippen molar-refractivity contribution in [2.24, 2.45) is 0 Å². The number of rotatable bonds is 5. The third-order valence-corrected chi connectivity index (χ3v) is 4.04. The average molecular weight is 345 g/mol. The van der Waals surface area contributed by atoms with Crippen LogP contribution in [0, 0.1) is 5.82 Å². The predicted molar refractivity (Wildman–Crippen MR) is 75.1 cm³/mol. The summed E-state index contributed by atoms with van der Waals surface area (Å²) in [4.78, 5) is 10.2. The normalized spacial score (nSPS) is 11.3. The Morgan fingerprint density at radius 2 is 1.87 bits per heavy atom. The SMILES string of the molecule is COc1c(-c2cc(C(=O)O)no2)cc(F)c(S(C)(=O)=O)c1OC. The van der Waals surface area contributed by atoms with Crippen LogP contribution in [0.1, 0.15) is 10.5 Å². The number of carbonyl (C=O) groups is 1. The number of hydrogen-bond donors (Lipinski definition) is 1. The zero-order valence-electron chi connectivity index (χ0n) is 12.3. The van der Waals surface area contributed by atoms with Gasteiger partial charge >= 0.3 is 5.97 Å². The number of carboxylic acid groups (broad SMARTS) is 1. The maximum atomic E-state index is 14.3. The van der Waals surface area contributed by atoms with Gasteiger partial charge in [-0.2, -0.15) is 0 Å². The third kappa shape index (κ3) is 2.97. The molecule has 0 aliphatic carbocycles. The Morgan fingerprint density at radius 3 is 2.30 bits per heavy atom. The number of ether oxygens (including phenoxy) is 2. The first-order chi connectivity index (χ1) is 10.7. The molecule has 1 aromatic carbocycles. The van der Waals surface area contributed by atoms with Gasteiger partial charge < -0.3 is 19.1 Å². The molecule has 0 radical (unpaired) electrons. The first kappa shape index (κ1) is 16.7. The van der Waals surface area contributed by atoms with Crippen LogP contribution in [0.15, 0.2) is 21.6 Å². The van der Waals surface area contributed by atoms with Crippen molar-refractivity contribution >= 4 is 15.8 Å². The number of sulfone groups is 1. The minimum absolute atomic E-state index is 0.0331. The van der Waals surface area contributed by atoms with Crippen molar-refractivity contribution in [1.82, 2.24) is 5.16 Å². The summed E-state index contributed by atoms with van der Waals surface area (Å²) in [5.74, 6) is -3.01. The number of aromatic carboxylic acids is 1. The van der Waals surface area contributed by atoms with E-state index < -0.39 is 32.2 Å². The number of hydrogen-bond acceptors (Lipinski definition) is 7. The van der Waals surface area contributed by atoms with Gasteiger partial charge in [0.05, 0.1) is 19.8 Å². The Kier molecular flexibility index (Phi) is 4.28. The standard InChI is InChI=1S/C13H12FNO7S/c1-20-10-6(9-5-8(13(16)17)15-22-9)4-7(14)12(11(10)21-2)23(3,18)19/h4-5H,1-3H3,(H,16,17). The second-order valence-corrected chi connectivity index (χ2v) is 6.41. The van der Waals surface area contributed by atoms with Crippen molar-refractivity contribution in [3.05, 3.63) is 23.6 Å². The molecule has 23 heavy (non-hydrogen) atoms. The highest BCUT2D eigenvalue weighted by atomic mass is 32.2. The summed E-state index contributed by atoms with van der Waals surface area (Å²) in [7, 11) is -1.56. The van der Waals surface area contributed by atoms with E-state index in [1.165, 1.54) is 7.11 Å². The maximum Gasteiger partial charge on any atom is 0.358 e. The van der Waals surface area contributed by atoms with Crippen LogP contribution in [0.25, 0.3) is 11.3 Å². The largest absolute Gasteiger partial charge is 0.492 e. The van der Waals surface area contributed by atoms with E-state index >= 15 is 0 Å². The molecule has 0 atom stereocenters. The van der Waals surface area contributed by atoms with Crippen molar-refractivity contribution in [2.45, 2.75) is 4.90 Å². The lowest BCUT2D eigenvalue weighted by atomic mass is 10.1. The molecule has 0 unspecified atom stereocenters. The fourth-order valence-electron chi connectivity index (χ4n) is 2.01. The maximum absolute atomic E-state index is 14.3. The van der Waals surface area contributed by atoms with E-state index in [0.717, 1.165) is 25.5 Å². The van der Waals surface area contributed by atoms with Gasteiger partial charge in [-0.3, -0.25) is 0 Å². The Balaban J connectivity index is 2.79. The highest BCUT2D eigenvalue weighted by molar-refractivity contribution is 7.90. The summed E-state index contributed by atoms with van der Waals surface area (Å²) >= 11 is 0. The van der Waals surface area contributed by atoms with Gasteiger partial charge in [0, 0.05) is 12.3 Å². The zero-order valence-corrected chi connectivity index (χ0v) is 13.1. The minimum atomic E-state index is -3.94. The molecule has 8 nitrogen and oxygen atoms in total. The van der Waals surface area contributed by atoms with E-state index in [1.54, 1.807) is 0 Å². The van der Waals surface area contributed by atoms with Crippen molar-refractivity contribution in [2.75, 3.05) is 20.5 Å². The first-order valence-electron chi connectivity index (χ1n) is 6.05. The molecule has 1 N–H and O–H groups in total. The second kappa shape index (κ2) is 5.88.